The number of carbonyl (C=O) groups is 1. The third-order valence-electron chi connectivity index (χ3n) is 3.93. The first-order valence-electron chi connectivity index (χ1n) is 8.04. The molecule has 0 saturated carbocycles. The molecule has 0 bridgehead atoms. The lowest BCUT2D eigenvalue weighted by atomic mass is 10.2. The van der Waals surface area contributed by atoms with Crippen LogP contribution < -0.4 is 4.80 Å². The van der Waals surface area contributed by atoms with Gasteiger partial charge in [-0.25, -0.2) is 0 Å². The van der Waals surface area contributed by atoms with E-state index < -0.39 is 4.92 Å². The molecule has 3 aromatic rings. The maximum absolute atomic E-state index is 12.7. The second kappa shape index (κ2) is 8.47. The van der Waals surface area contributed by atoms with E-state index in [9.17, 15) is 14.9 Å². The van der Waals surface area contributed by atoms with Gasteiger partial charge in [0, 0.05) is 30.7 Å². The monoisotopic (exact) mass is 403 g/mol. The van der Waals surface area contributed by atoms with Crippen molar-refractivity contribution in [2.45, 2.75) is 11.4 Å². The lowest BCUT2D eigenvalue weighted by molar-refractivity contribution is -0.384. The molecule has 1 aromatic heterocycles. The number of ether oxygens (including phenoxy) is 1. The molecule has 0 aliphatic rings. The van der Waals surface area contributed by atoms with Gasteiger partial charge in [-0.15, -0.1) is 11.8 Å². The summed E-state index contributed by atoms with van der Waals surface area (Å²) in [5.41, 5.74) is 1.33. The molecule has 0 aliphatic heterocycles. The van der Waals surface area contributed by atoms with E-state index in [4.69, 9.17) is 4.74 Å². The molecule has 0 N–H and O–H groups in total. The van der Waals surface area contributed by atoms with E-state index in [0.29, 0.717) is 28.2 Å². The first-order chi connectivity index (χ1) is 13.0. The standard InChI is InChI=1S/C18H17N3O4S2/c1-25-10-9-20-14-8-7-12(21(23)24)11-16(14)27-18(20)19-17(22)13-5-3-4-6-15(13)26-2/h3-8,11H,9-10H2,1-2H3. The molecule has 9 heteroatoms. The number of non-ortho nitro benzene ring substituents is 1. The lowest BCUT2D eigenvalue weighted by Gasteiger charge is -2.05. The van der Waals surface area contributed by atoms with Gasteiger partial charge in [0.25, 0.3) is 11.6 Å². The lowest BCUT2D eigenvalue weighted by Crippen LogP contribution is -2.19. The largest absolute Gasteiger partial charge is 0.383 e. The number of carbonyl (C=O) groups excluding carboxylic acids is 1. The summed E-state index contributed by atoms with van der Waals surface area (Å²) in [6.07, 6.45) is 1.91. The minimum Gasteiger partial charge on any atom is -0.383 e. The number of methoxy groups -OCH3 is 1. The Bertz CT molecular complexity index is 1070. The number of nitro benzene ring substituents is 1. The first-order valence-corrected chi connectivity index (χ1v) is 10.1. The SMILES string of the molecule is COCCn1c(=NC(=O)c2ccccc2SC)sc2cc([N+](=O)[O-])ccc21. The summed E-state index contributed by atoms with van der Waals surface area (Å²) in [5.74, 6) is -0.341. The third-order valence-corrected chi connectivity index (χ3v) is 5.77. The number of rotatable bonds is 6. The van der Waals surface area contributed by atoms with Crippen molar-refractivity contribution < 1.29 is 14.5 Å². The van der Waals surface area contributed by atoms with Crippen LogP contribution in [0.4, 0.5) is 5.69 Å². The number of aromatic nitrogens is 1. The molecule has 0 radical (unpaired) electrons. The van der Waals surface area contributed by atoms with Gasteiger partial charge in [-0.3, -0.25) is 14.9 Å². The summed E-state index contributed by atoms with van der Waals surface area (Å²) in [6, 6.07) is 11.9. The van der Waals surface area contributed by atoms with Crippen molar-refractivity contribution in [3.63, 3.8) is 0 Å². The minimum absolute atomic E-state index is 0.00764. The molecule has 0 atom stereocenters. The Labute approximate surface area is 163 Å². The molecule has 1 amide bonds. The predicted molar refractivity (Wildman–Crippen MR) is 106 cm³/mol. The van der Waals surface area contributed by atoms with Crippen molar-refractivity contribution in [2.24, 2.45) is 4.99 Å². The number of hydrogen-bond acceptors (Lipinski definition) is 6. The van der Waals surface area contributed by atoms with Crippen LogP contribution in [0.5, 0.6) is 0 Å². The number of nitrogens with zero attached hydrogens (tertiary/aromatic N) is 3. The Hall–Kier alpha value is -2.49. The van der Waals surface area contributed by atoms with Crippen LogP contribution in [-0.2, 0) is 11.3 Å². The normalized spacial score (nSPS) is 11.9. The summed E-state index contributed by atoms with van der Waals surface area (Å²) in [4.78, 5) is 29.0. The highest BCUT2D eigenvalue weighted by atomic mass is 32.2. The summed E-state index contributed by atoms with van der Waals surface area (Å²) in [6.45, 7) is 0.927. The van der Waals surface area contributed by atoms with Crippen LogP contribution in [0.25, 0.3) is 10.2 Å². The number of hydrogen-bond donors (Lipinski definition) is 0. The Balaban J connectivity index is 2.14. The van der Waals surface area contributed by atoms with Crippen molar-refractivity contribution >= 4 is 44.9 Å². The smallest absolute Gasteiger partial charge is 0.280 e. The second-order valence-corrected chi connectivity index (χ2v) is 7.41. The van der Waals surface area contributed by atoms with Gasteiger partial charge in [-0.1, -0.05) is 23.5 Å². The fourth-order valence-electron chi connectivity index (χ4n) is 2.63. The van der Waals surface area contributed by atoms with Gasteiger partial charge in [0.15, 0.2) is 4.80 Å². The predicted octanol–water partition coefficient (Wildman–Crippen LogP) is 3.72. The highest BCUT2D eigenvalue weighted by Crippen LogP contribution is 2.24. The summed E-state index contributed by atoms with van der Waals surface area (Å²) >= 11 is 2.73. The second-order valence-electron chi connectivity index (χ2n) is 5.56. The van der Waals surface area contributed by atoms with Gasteiger partial charge in [-0.05, 0) is 24.5 Å². The molecule has 0 aliphatic carbocycles. The number of thioether (sulfide) groups is 1. The third kappa shape index (κ3) is 4.10. The maximum Gasteiger partial charge on any atom is 0.280 e. The molecule has 27 heavy (non-hydrogen) atoms. The van der Waals surface area contributed by atoms with Gasteiger partial charge in [-0.2, -0.15) is 4.99 Å². The number of thiazole rings is 1. The average molecular weight is 403 g/mol. The van der Waals surface area contributed by atoms with Crippen molar-refractivity contribution in [1.82, 2.24) is 4.57 Å². The molecule has 0 spiro atoms. The molecule has 2 aromatic carbocycles. The van der Waals surface area contributed by atoms with Crippen LogP contribution in [0.3, 0.4) is 0 Å². The summed E-state index contributed by atoms with van der Waals surface area (Å²) < 4.78 is 7.71. The Morgan fingerprint density at radius 3 is 2.81 bits per heavy atom. The molecule has 1 heterocycles. The molecule has 7 nitrogen and oxygen atoms in total. The number of fused-ring (bicyclic) bond motifs is 1. The van der Waals surface area contributed by atoms with Crippen LogP contribution in [0.15, 0.2) is 52.4 Å². The summed E-state index contributed by atoms with van der Waals surface area (Å²) in [5, 5.41) is 11.0. The van der Waals surface area contributed by atoms with Crippen molar-refractivity contribution in [2.75, 3.05) is 20.0 Å². The van der Waals surface area contributed by atoms with Crippen molar-refractivity contribution in [3.05, 3.63) is 62.9 Å². The Kier molecular flexibility index (Phi) is 6.04. The van der Waals surface area contributed by atoms with Crippen molar-refractivity contribution in [3.8, 4) is 0 Å². The van der Waals surface area contributed by atoms with Crippen LogP contribution in [0, 0.1) is 10.1 Å². The van der Waals surface area contributed by atoms with Crippen LogP contribution in [-0.4, -0.2) is 35.4 Å². The zero-order valence-corrected chi connectivity index (χ0v) is 16.4. The Morgan fingerprint density at radius 1 is 1.33 bits per heavy atom. The van der Waals surface area contributed by atoms with Crippen LogP contribution in [0.1, 0.15) is 10.4 Å². The zero-order chi connectivity index (χ0) is 19.4. The van der Waals surface area contributed by atoms with Crippen molar-refractivity contribution in [1.29, 1.82) is 0 Å². The number of nitro groups is 1. The van der Waals surface area contributed by atoms with Gasteiger partial charge in [0.2, 0.25) is 0 Å². The zero-order valence-electron chi connectivity index (χ0n) is 14.7. The van der Waals surface area contributed by atoms with E-state index in [2.05, 4.69) is 4.99 Å². The van der Waals surface area contributed by atoms with E-state index in [0.717, 1.165) is 10.4 Å². The molecule has 140 valence electrons. The average Bonchev–Trinajstić information content (AvgIpc) is 3.02. The number of benzene rings is 2. The summed E-state index contributed by atoms with van der Waals surface area (Å²) in [7, 11) is 1.59. The van der Waals surface area contributed by atoms with E-state index in [1.54, 1.807) is 25.3 Å². The van der Waals surface area contributed by atoms with Crippen LogP contribution >= 0.6 is 23.1 Å². The molecule has 0 saturated heterocycles. The van der Waals surface area contributed by atoms with E-state index in [-0.39, 0.29) is 11.6 Å². The van der Waals surface area contributed by atoms with E-state index in [1.807, 2.05) is 23.0 Å². The molecule has 0 fully saturated rings. The molecule has 3 rings (SSSR count). The molecule has 0 unspecified atom stereocenters. The van der Waals surface area contributed by atoms with E-state index >= 15 is 0 Å². The van der Waals surface area contributed by atoms with Crippen LogP contribution in [0.2, 0.25) is 0 Å². The Morgan fingerprint density at radius 2 is 2.11 bits per heavy atom. The van der Waals surface area contributed by atoms with E-state index in [1.165, 1.54) is 35.2 Å². The fraction of sp³-hybridized carbons (Fsp3) is 0.222. The highest BCUT2D eigenvalue weighted by Gasteiger charge is 2.14. The fourth-order valence-corrected chi connectivity index (χ4v) is 4.31. The first kappa shape index (κ1) is 19.3. The van der Waals surface area contributed by atoms with Gasteiger partial charge < -0.3 is 9.30 Å². The van der Waals surface area contributed by atoms with Gasteiger partial charge in [0.1, 0.15) is 0 Å². The molecular weight excluding hydrogens is 386 g/mol. The van der Waals surface area contributed by atoms with Gasteiger partial charge in [0.05, 0.1) is 27.3 Å². The topological polar surface area (TPSA) is 86.7 Å². The maximum atomic E-state index is 12.7. The molecular formula is C18H17N3O4S2. The minimum atomic E-state index is -0.435. The number of amides is 1. The van der Waals surface area contributed by atoms with Gasteiger partial charge >= 0.3 is 0 Å². The quantitative estimate of drug-likeness (QED) is 0.356. The highest BCUT2D eigenvalue weighted by molar-refractivity contribution is 7.98.